The molecule has 0 aliphatic carbocycles. The average Bonchev–Trinajstić information content (AvgIpc) is 2.97. The van der Waals surface area contributed by atoms with E-state index in [2.05, 4.69) is 9.71 Å². The molecule has 0 aliphatic heterocycles. The van der Waals surface area contributed by atoms with Gasteiger partial charge in [0.15, 0.2) is 0 Å². The molecule has 0 unspecified atom stereocenters. The monoisotopic (exact) mass is 363 g/mol. The third-order valence-corrected chi connectivity index (χ3v) is 5.90. The van der Waals surface area contributed by atoms with Gasteiger partial charge in [-0.05, 0) is 24.3 Å². The number of aromatic nitrogens is 1. The number of para-hydroxylation sites is 1. The molecule has 9 heteroatoms. The molecule has 124 valence electrons. The highest BCUT2D eigenvalue weighted by molar-refractivity contribution is 7.89. The van der Waals surface area contributed by atoms with Gasteiger partial charge in [0, 0.05) is 25.1 Å². The Hall–Kier alpha value is -2.36. The SMILES string of the molecule is O=[N+]([O-])c1ccc(S(=O)(=O)NCCc2nc3ccccc3s2)cc1. The lowest BCUT2D eigenvalue weighted by atomic mass is 10.3. The highest BCUT2D eigenvalue weighted by Crippen LogP contribution is 2.21. The molecule has 3 rings (SSSR count). The summed E-state index contributed by atoms with van der Waals surface area (Å²) in [5.74, 6) is 0. The molecule has 1 N–H and O–H groups in total. The molecule has 7 nitrogen and oxygen atoms in total. The van der Waals surface area contributed by atoms with E-state index in [4.69, 9.17) is 0 Å². The van der Waals surface area contributed by atoms with E-state index >= 15 is 0 Å². The second kappa shape index (κ2) is 6.63. The summed E-state index contributed by atoms with van der Waals surface area (Å²) < 4.78 is 27.9. The van der Waals surface area contributed by atoms with Gasteiger partial charge < -0.3 is 0 Å². The Morgan fingerprint density at radius 3 is 2.50 bits per heavy atom. The molecule has 0 saturated carbocycles. The minimum Gasteiger partial charge on any atom is -0.258 e. The minimum atomic E-state index is -3.70. The van der Waals surface area contributed by atoms with E-state index in [9.17, 15) is 18.5 Å². The van der Waals surface area contributed by atoms with E-state index in [1.807, 2.05) is 24.3 Å². The molecule has 3 aromatic rings. The highest BCUT2D eigenvalue weighted by Gasteiger charge is 2.15. The van der Waals surface area contributed by atoms with Crippen LogP contribution in [-0.2, 0) is 16.4 Å². The molecule has 2 aromatic carbocycles. The van der Waals surface area contributed by atoms with Gasteiger partial charge >= 0.3 is 0 Å². The first-order valence-electron chi connectivity index (χ1n) is 7.04. The third-order valence-electron chi connectivity index (χ3n) is 3.33. The Balaban J connectivity index is 1.65. The van der Waals surface area contributed by atoms with Crippen LogP contribution < -0.4 is 4.72 Å². The smallest absolute Gasteiger partial charge is 0.258 e. The Bertz CT molecular complexity index is 948. The zero-order chi connectivity index (χ0) is 17.2. The van der Waals surface area contributed by atoms with Gasteiger partial charge in [0.1, 0.15) is 0 Å². The first kappa shape index (κ1) is 16.5. The Labute approximate surface area is 142 Å². The van der Waals surface area contributed by atoms with Crippen molar-refractivity contribution >= 4 is 37.3 Å². The molecular weight excluding hydrogens is 350 g/mol. The van der Waals surface area contributed by atoms with Crippen LogP contribution in [0.25, 0.3) is 10.2 Å². The Morgan fingerprint density at radius 2 is 1.83 bits per heavy atom. The van der Waals surface area contributed by atoms with E-state index in [0.717, 1.165) is 15.2 Å². The number of fused-ring (bicyclic) bond motifs is 1. The highest BCUT2D eigenvalue weighted by atomic mass is 32.2. The standard InChI is InChI=1S/C15H13N3O4S2/c19-18(20)11-5-7-12(8-6-11)24(21,22)16-10-9-15-17-13-3-1-2-4-14(13)23-15/h1-8,16H,9-10H2. The average molecular weight is 363 g/mol. The number of nitro benzene ring substituents is 1. The van der Waals surface area contributed by atoms with Crippen molar-refractivity contribution in [3.05, 3.63) is 63.7 Å². The molecule has 0 fully saturated rings. The molecule has 0 atom stereocenters. The van der Waals surface area contributed by atoms with E-state index in [1.165, 1.54) is 35.6 Å². The maximum absolute atomic E-state index is 12.2. The summed E-state index contributed by atoms with van der Waals surface area (Å²) in [6.07, 6.45) is 0.478. The number of nitrogens with one attached hydrogen (secondary N) is 1. The topological polar surface area (TPSA) is 102 Å². The lowest BCUT2D eigenvalue weighted by Crippen LogP contribution is -2.25. The fourth-order valence-electron chi connectivity index (χ4n) is 2.15. The van der Waals surface area contributed by atoms with E-state index in [0.29, 0.717) is 6.42 Å². The summed E-state index contributed by atoms with van der Waals surface area (Å²) >= 11 is 1.53. The molecule has 0 bridgehead atoms. The van der Waals surface area contributed by atoms with Crippen LogP contribution in [0.15, 0.2) is 53.4 Å². The van der Waals surface area contributed by atoms with Crippen LogP contribution in [0, 0.1) is 10.1 Å². The van der Waals surface area contributed by atoms with E-state index in [-0.39, 0.29) is 17.1 Å². The minimum absolute atomic E-state index is 0.00241. The number of benzene rings is 2. The first-order chi connectivity index (χ1) is 11.5. The molecule has 0 saturated heterocycles. The van der Waals surface area contributed by atoms with Gasteiger partial charge in [-0.2, -0.15) is 0 Å². The molecule has 0 aliphatic rings. The van der Waals surface area contributed by atoms with Crippen LogP contribution >= 0.6 is 11.3 Å². The Morgan fingerprint density at radius 1 is 1.12 bits per heavy atom. The lowest BCUT2D eigenvalue weighted by molar-refractivity contribution is -0.384. The van der Waals surface area contributed by atoms with Gasteiger partial charge in [0.2, 0.25) is 10.0 Å². The third kappa shape index (κ3) is 3.58. The number of sulfonamides is 1. The summed E-state index contributed by atoms with van der Waals surface area (Å²) in [4.78, 5) is 14.5. The summed E-state index contributed by atoms with van der Waals surface area (Å²) in [6.45, 7) is 0.207. The van der Waals surface area contributed by atoms with Crippen molar-refractivity contribution in [1.82, 2.24) is 9.71 Å². The van der Waals surface area contributed by atoms with Crippen LogP contribution in [0.2, 0.25) is 0 Å². The second-order valence-electron chi connectivity index (χ2n) is 4.97. The van der Waals surface area contributed by atoms with Gasteiger partial charge in [-0.3, -0.25) is 10.1 Å². The number of nitrogens with zero attached hydrogens (tertiary/aromatic N) is 2. The summed E-state index contributed by atoms with van der Waals surface area (Å²) in [5.41, 5.74) is 0.749. The normalized spacial score (nSPS) is 11.7. The number of rotatable bonds is 6. The molecule has 1 heterocycles. The van der Waals surface area contributed by atoms with Gasteiger partial charge in [0.25, 0.3) is 5.69 Å². The van der Waals surface area contributed by atoms with E-state index < -0.39 is 14.9 Å². The summed E-state index contributed by atoms with van der Waals surface area (Å²) in [7, 11) is -3.70. The maximum atomic E-state index is 12.2. The predicted octanol–water partition coefficient (Wildman–Crippen LogP) is 2.73. The van der Waals surface area contributed by atoms with Crippen LogP contribution in [0.4, 0.5) is 5.69 Å². The van der Waals surface area contributed by atoms with Gasteiger partial charge in [0.05, 0.1) is 25.0 Å². The van der Waals surface area contributed by atoms with Crippen LogP contribution in [0.5, 0.6) is 0 Å². The Kier molecular flexibility index (Phi) is 4.56. The largest absolute Gasteiger partial charge is 0.269 e. The fourth-order valence-corrected chi connectivity index (χ4v) is 4.15. The van der Waals surface area contributed by atoms with Gasteiger partial charge in [-0.1, -0.05) is 12.1 Å². The van der Waals surface area contributed by atoms with E-state index in [1.54, 1.807) is 0 Å². The molecule has 0 radical (unpaired) electrons. The zero-order valence-electron chi connectivity index (χ0n) is 12.4. The van der Waals surface area contributed by atoms with Crippen molar-refractivity contribution in [3.8, 4) is 0 Å². The van der Waals surface area contributed by atoms with Crippen LogP contribution in [0.3, 0.4) is 0 Å². The number of thiazole rings is 1. The first-order valence-corrected chi connectivity index (χ1v) is 9.34. The lowest BCUT2D eigenvalue weighted by Gasteiger charge is -2.05. The molecule has 0 spiro atoms. The zero-order valence-corrected chi connectivity index (χ0v) is 14.0. The van der Waals surface area contributed by atoms with Crippen LogP contribution in [0.1, 0.15) is 5.01 Å². The quantitative estimate of drug-likeness (QED) is 0.536. The summed E-state index contributed by atoms with van der Waals surface area (Å²) in [5, 5.41) is 11.4. The molecule has 0 amide bonds. The van der Waals surface area contributed by atoms with Crippen molar-refractivity contribution in [2.45, 2.75) is 11.3 Å². The molecule has 1 aromatic heterocycles. The van der Waals surface area contributed by atoms with Crippen molar-refractivity contribution in [1.29, 1.82) is 0 Å². The molecule has 24 heavy (non-hydrogen) atoms. The predicted molar refractivity (Wildman–Crippen MR) is 91.6 cm³/mol. The number of hydrogen-bond donors (Lipinski definition) is 1. The summed E-state index contributed by atoms with van der Waals surface area (Å²) in [6, 6.07) is 12.5. The number of hydrogen-bond acceptors (Lipinski definition) is 6. The number of nitro groups is 1. The van der Waals surface area contributed by atoms with Crippen molar-refractivity contribution in [2.24, 2.45) is 0 Å². The molecular formula is C15H13N3O4S2. The van der Waals surface area contributed by atoms with Crippen LogP contribution in [-0.4, -0.2) is 24.9 Å². The van der Waals surface area contributed by atoms with Crippen molar-refractivity contribution in [2.75, 3.05) is 6.54 Å². The second-order valence-corrected chi connectivity index (χ2v) is 7.86. The maximum Gasteiger partial charge on any atom is 0.269 e. The van der Waals surface area contributed by atoms with Gasteiger partial charge in [-0.15, -0.1) is 11.3 Å². The van der Waals surface area contributed by atoms with Crippen molar-refractivity contribution in [3.63, 3.8) is 0 Å². The number of non-ortho nitro benzene ring substituents is 1. The fraction of sp³-hybridized carbons (Fsp3) is 0.133. The van der Waals surface area contributed by atoms with Crippen molar-refractivity contribution < 1.29 is 13.3 Å². The van der Waals surface area contributed by atoms with Gasteiger partial charge in [-0.25, -0.2) is 18.1 Å².